The summed E-state index contributed by atoms with van der Waals surface area (Å²) < 4.78 is 95.1. The summed E-state index contributed by atoms with van der Waals surface area (Å²) in [4.78, 5) is 13.2. The zero-order valence-electron chi connectivity index (χ0n) is 19.5. The van der Waals surface area contributed by atoms with Crippen molar-refractivity contribution in [1.82, 2.24) is 8.61 Å². The summed E-state index contributed by atoms with van der Waals surface area (Å²) in [6.45, 7) is -1.17. The van der Waals surface area contributed by atoms with Crippen molar-refractivity contribution in [3.63, 3.8) is 0 Å². The molecule has 0 aliphatic carbocycles. The third-order valence-corrected chi connectivity index (χ3v) is 10.00. The van der Waals surface area contributed by atoms with Crippen LogP contribution in [-0.4, -0.2) is 57.0 Å². The van der Waals surface area contributed by atoms with Gasteiger partial charge < -0.3 is 5.32 Å². The van der Waals surface area contributed by atoms with Gasteiger partial charge in [0.25, 0.3) is 0 Å². The van der Waals surface area contributed by atoms with Crippen LogP contribution in [0.5, 0.6) is 0 Å². The SMILES string of the molecule is O=C(Nc1ccc(Cl)c(C(F)(F)F)c1)[C@@H]1CN(S(=O)(=O)c2ccccc2)CCN1S(=O)(=O)c1ccccc1. The highest BCUT2D eigenvalue weighted by Gasteiger charge is 2.43. The second-order valence-corrected chi connectivity index (χ2v) is 12.5. The zero-order chi connectivity index (χ0) is 27.7. The molecular formula is C24H21ClF3N3O5S2. The van der Waals surface area contributed by atoms with E-state index in [1.807, 2.05) is 0 Å². The van der Waals surface area contributed by atoms with E-state index < -0.39 is 55.3 Å². The van der Waals surface area contributed by atoms with Crippen LogP contribution in [0.3, 0.4) is 0 Å². The number of nitrogens with one attached hydrogen (secondary N) is 1. The van der Waals surface area contributed by atoms with Crippen LogP contribution in [0.15, 0.2) is 88.7 Å². The molecule has 1 amide bonds. The lowest BCUT2D eigenvalue weighted by molar-refractivity contribution is -0.137. The first-order valence-electron chi connectivity index (χ1n) is 11.1. The maximum atomic E-state index is 13.4. The van der Waals surface area contributed by atoms with Crippen LogP contribution < -0.4 is 5.32 Å². The van der Waals surface area contributed by atoms with Crippen molar-refractivity contribution in [2.75, 3.05) is 25.0 Å². The van der Waals surface area contributed by atoms with Crippen LogP contribution in [0.2, 0.25) is 5.02 Å². The number of alkyl halides is 3. The van der Waals surface area contributed by atoms with Crippen LogP contribution in [-0.2, 0) is 31.0 Å². The molecule has 4 rings (SSSR count). The Morgan fingerprint density at radius 2 is 1.39 bits per heavy atom. The number of hydrogen-bond donors (Lipinski definition) is 1. The number of piperazine rings is 1. The summed E-state index contributed by atoms with van der Waals surface area (Å²) in [6.07, 6.45) is -4.80. The molecule has 1 fully saturated rings. The minimum atomic E-state index is -4.80. The monoisotopic (exact) mass is 587 g/mol. The molecule has 1 atom stereocenters. The lowest BCUT2D eigenvalue weighted by Gasteiger charge is -2.38. The highest BCUT2D eigenvalue weighted by molar-refractivity contribution is 7.89. The second-order valence-electron chi connectivity index (χ2n) is 8.30. The number of anilines is 1. The van der Waals surface area contributed by atoms with Crippen molar-refractivity contribution in [2.24, 2.45) is 0 Å². The Bertz CT molecular complexity index is 1540. The Kier molecular flexibility index (Phi) is 7.86. The molecule has 1 aliphatic rings. The van der Waals surface area contributed by atoms with Crippen LogP contribution in [0, 0.1) is 0 Å². The smallest absolute Gasteiger partial charge is 0.325 e. The number of hydrogen-bond acceptors (Lipinski definition) is 5. The Hall–Kier alpha value is -2.97. The number of benzene rings is 3. The fourth-order valence-corrected chi connectivity index (χ4v) is 7.25. The van der Waals surface area contributed by atoms with Gasteiger partial charge in [-0.25, -0.2) is 16.8 Å². The molecular weight excluding hydrogens is 567 g/mol. The molecule has 14 heteroatoms. The van der Waals surface area contributed by atoms with Crippen molar-refractivity contribution >= 4 is 43.2 Å². The average Bonchev–Trinajstić information content (AvgIpc) is 2.89. The van der Waals surface area contributed by atoms with Gasteiger partial charge in [0, 0.05) is 25.3 Å². The Balaban J connectivity index is 1.70. The van der Waals surface area contributed by atoms with Gasteiger partial charge in [-0.05, 0) is 42.5 Å². The first-order chi connectivity index (χ1) is 17.8. The fraction of sp³-hybridized carbons (Fsp3) is 0.208. The van der Waals surface area contributed by atoms with E-state index in [2.05, 4.69) is 5.32 Å². The molecule has 8 nitrogen and oxygen atoms in total. The minimum Gasteiger partial charge on any atom is -0.325 e. The summed E-state index contributed by atoms with van der Waals surface area (Å²) in [5.41, 5.74) is -1.48. The van der Waals surface area contributed by atoms with E-state index >= 15 is 0 Å². The largest absolute Gasteiger partial charge is 0.417 e. The van der Waals surface area contributed by atoms with Gasteiger partial charge in [0.15, 0.2) is 0 Å². The predicted octanol–water partition coefficient (Wildman–Crippen LogP) is 4.06. The Morgan fingerprint density at radius 3 is 1.95 bits per heavy atom. The molecule has 0 unspecified atom stereocenters. The van der Waals surface area contributed by atoms with E-state index in [1.54, 1.807) is 12.1 Å². The number of carbonyl (C=O) groups is 1. The third kappa shape index (κ3) is 5.71. The van der Waals surface area contributed by atoms with Crippen molar-refractivity contribution < 1.29 is 34.8 Å². The molecule has 0 aromatic heterocycles. The number of amides is 1. The van der Waals surface area contributed by atoms with Gasteiger partial charge in [0.1, 0.15) is 6.04 Å². The Labute approximate surface area is 222 Å². The molecule has 0 spiro atoms. The highest BCUT2D eigenvalue weighted by atomic mass is 35.5. The topological polar surface area (TPSA) is 104 Å². The highest BCUT2D eigenvalue weighted by Crippen LogP contribution is 2.36. The van der Waals surface area contributed by atoms with Crippen molar-refractivity contribution in [2.45, 2.75) is 22.0 Å². The second kappa shape index (κ2) is 10.7. The molecule has 1 heterocycles. The number of nitrogens with zero attached hydrogens (tertiary/aromatic N) is 2. The number of carbonyl (C=O) groups excluding carboxylic acids is 1. The number of sulfonamides is 2. The van der Waals surface area contributed by atoms with E-state index in [4.69, 9.17) is 11.6 Å². The summed E-state index contributed by atoms with van der Waals surface area (Å²) >= 11 is 5.65. The third-order valence-electron chi connectivity index (χ3n) is 5.87. The van der Waals surface area contributed by atoms with Gasteiger partial charge in [-0.15, -0.1) is 0 Å². The molecule has 0 bridgehead atoms. The maximum absolute atomic E-state index is 13.4. The van der Waals surface area contributed by atoms with E-state index in [1.165, 1.54) is 48.5 Å². The molecule has 202 valence electrons. The Morgan fingerprint density at radius 1 is 0.842 bits per heavy atom. The van der Waals surface area contributed by atoms with Crippen molar-refractivity contribution in [3.8, 4) is 0 Å². The van der Waals surface area contributed by atoms with E-state index in [9.17, 15) is 34.8 Å². The lowest BCUT2D eigenvalue weighted by Crippen LogP contribution is -2.60. The van der Waals surface area contributed by atoms with Gasteiger partial charge in [-0.1, -0.05) is 48.0 Å². The molecule has 1 aliphatic heterocycles. The van der Waals surface area contributed by atoms with Gasteiger partial charge >= 0.3 is 6.18 Å². The van der Waals surface area contributed by atoms with Gasteiger partial charge in [0.2, 0.25) is 26.0 Å². The average molecular weight is 588 g/mol. The fourth-order valence-electron chi connectivity index (χ4n) is 3.98. The summed E-state index contributed by atoms with van der Waals surface area (Å²) in [6, 6.07) is 15.7. The molecule has 38 heavy (non-hydrogen) atoms. The van der Waals surface area contributed by atoms with Crippen LogP contribution in [0.25, 0.3) is 0 Å². The minimum absolute atomic E-state index is 0.0500. The molecule has 1 saturated heterocycles. The lowest BCUT2D eigenvalue weighted by atomic mass is 10.1. The van der Waals surface area contributed by atoms with E-state index in [0.717, 1.165) is 20.7 Å². The number of halogens is 4. The summed E-state index contributed by atoms with van der Waals surface area (Å²) in [5, 5.41) is 1.71. The van der Waals surface area contributed by atoms with E-state index in [-0.39, 0.29) is 28.6 Å². The normalized spacial score (nSPS) is 17.7. The molecule has 0 saturated carbocycles. The van der Waals surface area contributed by atoms with E-state index in [0.29, 0.717) is 6.07 Å². The maximum Gasteiger partial charge on any atom is 0.417 e. The first kappa shape index (κ1) is 28.0. The van der Waals surface area contributed by atoms with Crippen molar-refractivity contribution in [3.05, 3.63) is 89.4 Å². The zero-order valence-corrected chi connectivity index (χ0v) is 21.9. The van der Waals surface area contributed by atoms with Crippen LogP contribution >= 0.6 is 11.6 Å². The van der Waals surface area contributed by atoms with Crippen LogP contribution in [0.1, 0.15) is 5.56 Å². The van der Waals surface area contributed by atoms with Gasteiger partial charge in [-0.2, -0.15) is 21.8 Å². The van der Waals surface area contributed by atoms with Crippen molar-refractivity contribution in [1.29, 1.82) is 0 Å². The molecule has 1 N–H and O–H groups in total. The van der Waals surface area contributed by atoms with Gasteiger partial charge in [0.05, 0.1) is 20.4 Å². The summed E-state index contributed by atoms with van der Waals surface area (Å²) in [5.74, 6) is -1.01. The first-order valence-corrected chi connectivity index (χ1v) is 14.4. The predicted molar refractivity (Wildman–Crippen MR) is 134 cm³/mol. The summed E-state index contributed by atoms with van der Waals surface area (Å²) in [7, 11) is -8.37. The molecule has 3 aromatic rings. The molecule has 0 radical (unpaired) electrons. The van der Waals surface area contributed by atoms with Gasteiger partial charge in [-0.3, -0.25) is 4.79 Å². The number of rotatable bonds is 6. The molecule has 3 aromatic carbocycles. The standard InChI is InChI=1S/C24H21ClF3N3O5S2/c25-21-12-11-17(15-20(21)24(26,27)28)29-23(32)22-16-30(37(33,34)18-7-3-1-4-8-18)13-14-31(22)38(35,36)19-9-5-2-6-10-19/h1-12,15,22H,13-14,16H2,(H,29,32)/t22-/m0/s1. The van der Waals surface area contributed by atoms with Crippen LogP contribution in [0.4, 0.5) is 18.9 Å². The quantitative estimate of drug-likeness (QED) is 0.468.